The van der Waals surface area contributed by atoms with Crippen molar-refractivity contribution in [3.8, 4) is 0 Å². The van der Waals surface area contributed by atoms with Crippen LogP contribution in [0.2, 0.25) is 0 Å². The smallest absolute Gasteiger partial charge is 0.410 e. The SMILES string of the molecule is O=C(OCc1ccccc1)N(CCS(=O)(=O)O)C1CCCCC1. The van der Waals surface area contributed by atoms with Gasteiger partial charge in [0, 0.05) is 12.6 Å². The van der Waals surface area contributed by atoms with Crippen molar-refractivity contribution >= 4 is 16.2 Å². The van der Waals surface area contributed by atoms with Crippen molar-refractivity contribution in [1.29, 1.82) is 0 Å². The van der Waals surface area contributed by atoms with E-state index in [-0.39, 0.29) is 19.2 Å². The Morgan fingerprint density at radius 2 is 1.83 bits per heavy atom. The third-order valence-electron chi connectivity index (χ3n) is 4.05. The number of ether oxygens (including phenoxy) is 1. The van der Waals surface area contributed by atoms with Crippen LogP contribution < -0.4 is 0 Å². The molecular weight excluding hydrogens is 318 g/mol. The van der Waals surface area contributed by atoms with Gasteiger partial charge in [-0.2, -0.15) is 8.42 Å². The zero-order chi connectivity index (χ0) is 16.7. The highest BCUT2D eigenvalue weighted by Crippen LogP contribution is 2.23. The monoisotopic (exact) mass is 341 g/mol. The predicted molar refractivity (Wildman–Crippen MR) is 86.6 cm³/mol. The number of benzene rings is 1. The van der Waals surface area contributed by atoms with Gasteiger partial charge in [-0.15, -0.1) is 0 Å². The molecule has 1 fully saturated rings. The second-order valence-corrected chi connectivity index (χ2v) is 7.38. The van der Waals surface area contributed by atoms with Crippen LogP contribution in [0.25, 0.3) is 0 Å². The maximum atomic E-state index is 12.4. The Balaban J connectivity index is 1.97. The van der Waals surface area contributed by atoms with Gasteiger partial charge in [-0.25, -0.2) is 4.79 Å². The number of nitrogens with zero attached hydrogens (tertiary/aromatic N) is 1. The highest BCUT2D eigenvalue weighted by molar-refractivity contribution is 7.85. The van der Waals surface area contributed by atoms with Gasteiger partial charge >= 0.3 is 6.09 Å². The van der Waals surface area contributed by atoms with E-state index < -0.39 is 22.0 Å². The van der Waals surface area contributed by atoms with E-state index in [9.17, 15) is 13.2 Å². The van der Waals surface area contributed by atoms with Crippen LogP contribution in [-0.2, 0) is 21.5 Å². The summed E-state index contributed by atoms with van der Waals surface area (Å²) in [5.74, 6) is -0.468. The molecule has 1 aliphatic rings. The maximum Gasteiger partial charge on any atom is 0.410 e. The van der Waals surface area contributed by atoms with Crippen molar-refractivity contribution in [3.63, 3.8) is 0 Å². The van der Waals surface area contributed by atoms with Crippen molar-refractivity contribution in [2.75, 3.05) is 12.3 Å². The van der Waals surface area contributed by atoms with Gasteiger partial charge in [0.25, 0.3) is 10.1 Å². The normalized spacial score (nSPS) is 16.0. The first-order chi connectivity index (χ1) is 11.0. The van der Waals surface area contributed by atoms with Crippen molar-refractivity contribution in [2.45, 2.75) is 44.8 Å². The zero-order valence-corrected chi connectivity index (χ0v) is 13.9. The van der Waals surface area contributed by atoms with Gasteiger partial charge in [-0.1, -0.05) is 49.6 Å². The predicted octanol–water partition coefficient (Wildman–Crippen LogP) is 2.85. The van der Waals surface area contributed by atoms with E-state index in [1.54, 1.807) is 0 Å². The van der Waals surface area contributed by atoms with Crippen molar-refractivity contribution in [2.24, 2.45) is 0 Å². The molecule has 2 rings (SSSR count). The molecule has 1 aromatic carbocycles. The molecule has 23 heavy (non-hydrogen) atoms. The van der Waals surface area contributed by atoms with Crippen LogP contribution in [0, 0.1) is 0 Å². The lowest BCUT2D eigenvalue weighted by Crippen LogP contribution is -2.44. The molecule has 1 aromatic rings. The zero-order valence-electron chi connectivity index (χ0n) is 13.1. The highest BCUT2D eigenvalue weighted by atomic mass is 32.2. The minimum absolute atomic E-state index is 0.0197. The van der Waals surface area contributed by atoms with E-state index in [0.717, 1.165) is 37.7 Å². The molecule has 0 unspecified atom stereocenters. The summed E-state index contributed by atoms with van der Waals surface area (Å²) >= 11 is 0. The second-order valence-electron chi connectivity index (χ2n) is 5.81. The van der Waals surface area contributed by atoms with Gasteiger partial charge in [-0.05, 0) is 18.4 Å². The number of rotatable bonds is 6. The third-order valence-corrected chi connectivity index (χ3v) is 4.74. The molecule has 1 amide bonds. The summed E-state index contributed by atoms with van der Waals surface area (Å²) in [6.07, 6.45) is 4.31. The topological polar surface area (TPSA) is 83.9 Å². The van der Waals surface area contributed by atoms with Crippen LogP contribution in [-0.4, -0.2) is 42.3 Å². The maximum absolute atomic E-state index is 12.4. The standard InChI is InChI=1S/C16H23NO5S/c18-16(22-13-14-7-3-1-4-8-14)17(11-12-23(19,20)21)15-9-5-2-6-10-15/h1,3-4,7-8,15H,2,5-6,9-13H2,(H,19,20,21). The number of carbonyl (C=O) groups is 1. The summed E-state index contributed by atoms with van der Waals surface area (Å²) in [6, 6.07) is 9.30. The molecule has 6 nitrogen and oxygen atoms in total. The van der Waals surface area contributed by atoms with Crippen molar-refractivity contribution < 1.29 is 22.5 Å². The van der Waals surface area contributed by atoms with Crippen LogP contribution in [0.15, 0.2) is 30.3 Å². The Bertz CT molecular complexity index is 596. The van der Waals surface area contributed by atoms with Gasteiger partial charge < -0.3 is 9.64 Å². The molecular formula is C16H23NO5S. The van der Waals surface area contributed by atoms with Gasteiger partial charge in [-0.3, -0.25) is 4.55 Å². The highest BCUT2D eigenvalue weighted by Gasteiger charge is 2.27. The summed E-state index contributed by atoms with van der Waals surface area (Å²) < 4.78 is 36.3. The Labute approximate surface area is 137 Å². The summed E-state index contributed by atoms with van der Waals surface area (Å²) in [6.45, 7) is 0.103. The fourth-order valence-corrected chi connectivity index (χ4v) is 3.26. The minimum atomic E-state index is -4.11. The van der Waals surface area contributed by atoms with E-state index in [2.05, 4.69) is 0 Å². The van der Waals surface area contributed by atoms with Crippen molar-refractivity contribution in [1.82, 2.24) is 4.90 Å². The van der Waals surface area contributed by atoms with Crippen LogP contribution in [0.3, 0.4) is 0 Å². The fraction of sp³-hybridized carbons (Fsp3) is 0.562. The van der Waals surface area contributed by atoms with E-state index in [1.807, 2.05) is 30.3 Å². The molecule has 1 aliphatic carbocycles. The van der Waals surface area contributed by atoms with E-state index >= 15 is 0 Å². The molecule has 0 atom stereocenters. The molecule has 1 N–H and O–H groups in total. The largest absolute Gasteiger partial charge is 0.445 e. The molecule has 0 aromatic heterocycles. The Hall–Kier alpha value is -1.60. The Morgan fingerprint density at radius 3 is 2.43 bits per heavy atom. The molecule has 0 heterocycles. The van der Waals surface area contributed by atoms with E-state index in [0.29, 0.717) is 0 Å². The fourth-order valence-electron chi connectivity index (χ4n) is 2.83. The number of carbonyl (C=O) groups excluding carboxylic acids is 1. The lowest BCUT2D eigenvalue weighted by Gasteiger charge is -2.33. The van der Waals surface area contributed by atoms with Gasteiger partial charge in [0.1, 0.15) is 6.61 Å². The first-order valence-electron chi connectivity index (χ1n) is 7.88. The first kappa shape index (κ1) is 17.7. The molecule has 7 heteroatoms. The van der Waals surface area contributed by atoms with Crippen LogP contribution >= 0.6 is 0 Å². The Morgan fingerprint density at radius 1 is 1.17 bits per heavy atom. The van der Waals surface area contributed by atoms with Gasteiger partial charge in [0.15, 0.2) is 0 Å². The summed E-state index contributed by atoms with van der Waals surface area (Å²) in [7, 11) is -4.11. The van der Waals surface area contributed by atoms with Gasteiger partial charge in [0.05, 0.1) is 5.75 Å². The molecule has 0 radical (unpaired) electrons. The van der Waals surface area contributed by atoms with Crippen LogP contribution in [0.4, 0.5) is 4.79 Å². The number of hydrogen-bond donors (Lipinski definition) is 1. The lowest BCUT2D eigenvalue weighted by atomic mass is 9.94. The molecule has 128 valence electrons. The average Bonchev–Trinajstić information content (AvgIpc) is 2.54. The number of hydrogen-bond acceptors (Lipinski definition) is 4. The molecule has 0 bridgehead atoms. The second kappa shape index (κ2) is 8.31. The minimum Gasteiger partial charge on any atom is -0.445 e. The lowest BCUT2D eigenvalue weighted by molar-refractivity contribution is 0.0745. The van der Waals surface area contributed by atoms with Crippen molar-refractivity contribution in [3.05, 3.63) is 35.9 Å². The van der Waals surface area contributed by atoms with E-state index in [4.69, 9.17) is 9.29 Å². The Kier molecular flexibility index (Phi) is 6.41. The summed E-state index contributed by atoms with van der Waals surface area (Å²) in [4.78, 5) is 13.8. The quantitative estimate of drug-likeness (QED) is 0.804. The molecule has 0 spiro atoms. The summed E-state index contributed by atoms with van der Waals surface area (Å²) in [5.41, 5.74) is 0.874. The van der Waals surface area contributed by atoms with Crippen LogP contribution in [0.5, 0.6) is 0 Å². The first-order valence-corrected chi connectivity index (χ1v) is 9.49. The molecule has 0 saturated heterocycles. The van der Waals surface area contributed by atoms with Crippen LogP contribution in [0.1, 0.15) is 37.7 Å². The van der Waals surface area contributed by atoms with E-state index in [1.165, 1.54) is 4.90 Å². The number of amides is 1. The van der Waals surface area contributed by atoms with Gasteiger partial charge in [0.2, 0.25) is 0 Å². The summed E-state index contributed by atoms with van der Waals surface area (Å²) in [5, 5.41) is 0. The average molecular weight is 341 g/mol. The third kappa shape index (κ3) is 6.19. The molecule has 1 saturated carbocycles. The molecule has 0 aliphatic heterocycles.